The van der Waals surface area contributed by atoms with Crippen LogP contribution < -0.4 is 10.6 Å². The van der Waals surface area contributed by atoms with Gasteiger partial charge in [-0.2, -0.15) is 0 Å². The Morgan fingerprint density at radius 2 is 2.07 bits per heavy atom. The number of carbonyl (C=O) groups excluding carboxylic acids is 1. The monoisotopic (exact) mass is 211 g/mol. The van der Waals surface area contributed by atoms with Gasteiger partial charge in [-0.05, 0) is 20.3 Å². The lowest BCUT2D eigenvalue weighted by atomic mass is 9.95. The summed E-state index contributed by atoms with van der Waals surface area (Å²) in [7, 11) is 0. The molecule has 4 heteroatoms. The average molecular weight is 211 g/mol. The van der Waals surface area contributed by atoms with Crippen LogP contribution in [0.1, 0.15) is 46.5 Å². The number of hydrogen-bond acceptors (Lipinski definition) is 2. The highest BCUT2D eigenvalue weighted by Crippen LogP contribution is 2.18. The van der Waals surface area contributed by atoms with Gasteiger partial charge in [0.1, 0.15) is 5.54 Å². The van der Waals surface area contributed by atoms with E-state index in [4.69, 9.17) is 0 Å². The van der Waals surface area contributed by atoms with Crippen molar-refractivity contribution in [2.24, 2.45) is 4.99 Å². The first kappa shape index (κ1) is 12.0. The molecule has 0 radical (unpaired) electrons. The van der Waals surface area contributed by atoms with E-state index in [2.05, 4.69) is 22.5 Å². The molecule has 0 aromatic heterocycles. The summed E-state index contributed by atoms with van der Waals surface area (Å²) in [5, 5.41) is 5.94. The van der Waals surface area contributed by atoms with Crippen LogP contribution in [0.25, 0.3) is 0 Å². The second kappa shape index (κ2) is 5.14. The molecule has 4 nitrogen and oxygen atoms in total. The Bertz CT molecular complexity index is 263. The maximum atomic E-state index is 11.7. The Labute approximate surface area is 91.5 Å². The van der Waals surface area contributed by atoms with Gasteiger partial charge in [-0.1, -0.05) is 26.2 Å². The molecule has 1 fully saturated rings. The minimum atomic E-state index is -0.455. The first-order chi connectivity index (χ1) is 7.12. The van der Waals surface area contributed by atoms with E-state index in [1.807, 2.05) is 13.8 Å². The van der Waals surface area contributed by atoms with Crippen molar-refractivity contribution in [3.63, 3.8) is 0 Å². The van der Waals surface area contributed by atoms with Crippen LogP contribution >= 0.6 is 0 Å². The van der Waals surface area contributed by atoms with E-state index in [9.17, 15) is 4.79 Å². The molecule has 1 aliphatic heterocycles. The number of unbranched alkanes of at least 4 members (excludes halogenated alkanes) is 2. The number of nitrogens with one attached hydrogen (secondary N) is 2. The Balaban J connectivity index is 2.53. The fraction of sp³-hybridized carbons (Fsp3) is 0.818. The van der Waals surface area contributed by atoms with E-state index < -0.39 is 5.54 Å². The summed E-state index contributed by atoms with van der Waals surface area (Å²) in [5.41, 5.74) is -0.455. The molecule has 0 aromatic rings. The number of amides is 1. The minimum absolute atomic E-state index is 0.0470. The Hall–Kier alpha value is -1.06. The Morgan fingerprint density at radius 1 is 1.33 bits per heavy atom. The van der Waals surface area contributed by atoms with Crippen LogP contribution in [0.4, 0.5) is 0 Å². The first-order valence-corrected chi connectivity index (χ1v) is 5.76. The third kappa shape index (κ3) is 2.94. The van der Waals surface area contributed by atoms with Gasteiger partial charge in [0.05, 0.1) is 0 Å². The number of guanidine groups is 1. The summed E-state index contributed by atoms with van der Waals surface area (Å²) in [6.07, 6.45) is 4.29. The standard InChI is InChI=1S/C11H21N3O/c1-4-6-7-8-11(3)9(15)13-10(14-11)12-5-2/h4-8H2,1-3H3,(H2,12,13,14,15). The molecular formula is C11H21N3O. The van der Waals surface area contributed by atoms with Gasteiger partial charge in [-0.15, -0.1) is 0 Å². The maximum Gasteiger partial charge on any atom is 0.252 e. The van der Waals surface area contributed by atoms with Crippen molar-refractivity contribution in [3.05, 3.63) is 0 Å². The number of carbonyl (C=O) groups is 1. The quantitative estimate of drug-likeness (QED) is 0.676. The molecule has 15 heavy (non-hydrogen) atoms. The number of hydrogen-bond donors (Lipinski definition) is 2. The highest BCUT2D eigenvalue weighted by atomic mass is 16.2. The molecule has 1 aliphatic rings. The normalized spacial score (nSPS) is 27.9. The van der Waals surface area contributed by atoms with Crippen molar-refractivity contribution in [3.8, 4) is 0 Å². The topological polar surface area (TPSA) is 53.5 Å². The SMILES string of the molecule is CCCCCC1(C)NC(=NCC)NC1=O. The third-order valence-electron chi connectivity index (χ3n) is 2.72. The highest BCUT2D eigenvalue weighted by Gasteiger charge is 2.39. The lowest BCUT2D eigenvalue weighted by Gasteiger charge is -2.20. The summed E-state index contributed by atoms with van der Waals surface area (Å²) in [6.45, 7) is 6.74. The zero-order chi connectivity index (χ0) is 11.3. The van der Waals surface area contributed by atoms with Gasteiger partial charge in [0.15, 0.2) is 5.96 Å². The lowest BCUT2D eigenvalue weighted by Crippen LogP contribution is -2.43. The zero-order valence-electron chi connectivity index (χ0n) is 9.89. The van der Waals surface area contributed by atoms with E-state index in [0.29, 0.717) is 12.5 Å². The Kier molecular flexibility index (Phi) is 4.12. The summed E-state index contributed by atoms with van der Waals surface area (Å²) < 4.78 is 0. The van der Waals surface area contributed by atoms with Crippen LogP contribution in [0, 0.1) is 0 Å². The van der Waals surface area contributed by atoms with Gasteiger partial charge in [0.2, 0.25) is 0 Å². The smallest absolute Gasteiger partial charge is 0.252 e. The molecule has 2 N–H and O–H groups in total. The van der Waals surface area contributed by atoms with E-state index in [1.165, 1.54) is 12.8 Å². The molecule has 0 aliphatic carbocycles. The molecule has 0 spiro atoms. The van der Waals surface area contributed by atoms with Crippen molar-refractivity contribution >= 4 is 11.9 Å². The molecule has 0 aromatic carbocycles. The molecule has 1 amide bonds. The molecule has 86 valence electrons. The van der Waals surface area contributed by atoms with Crippen molar-refractivity contribution < 1.29 is 4.79 Å². The van der Waals surface area contributed by atoms with Crippen LogP contribution in [0.5, 0.6) is 0 Å². The van der Waals surface area contributed by atoms with Gasteiger partial charge in [0.25, 0.3) is 5.91 Å². The molecule has 0 saturated carbocycles. The summed E-state index contributed by atoms with van der Waals surface area (Å²) in [6, 6.07) is 0. The number of nitrogens with zero attached hydrogens (tertiary/aromatic N) is 1. The minimum Gasteiger partial charge on any atom is -0.342 e. The van der Waals surface area contributed by atoms with Gasteiger partial charge in [0, 0.05) is 6.54 Å². The van der Waals surface area contributed by atoms with Gasteiger partial charge < -0.3 is 5.32 Å². The lowest BCUT2D eigenvalue weighted by molar-refractivity contribution is -0.123. The fourth-order valence-corrected chi connectivity index (χ4v) is 1.74. The van der Waals surface area contributed by atoms with E-state index >= 15 is 0 Å². The summed E-state index contributed by atoms with van der Waals surface area (Å²) in [4.78, 5) is 15.9. The number of rotatable bonds is 5. The second-order valence-electron chi connectivity index (χ2n) is 4.19. The molecule has 1 unspecified atom stereocenters. The molecule has 0 bridgehead atoms. The number of aliphatic imine (C=N–C) groups is 1. The molecule has 1 saturated heterocycles. The van der Waals surface area contributed by atoms with Crippen molar-refractivity contribution in [1.82, 2.24) is 10.6 Å². The highest BCUT2D eigenvalue weighted by molar-refractivity contribution is 6.08. The Morgan fingerprint density at radius 3 is 2.67 bits per heavy atom. The molecule has 1 rings (SSSR count). The average Bonchev–Trinajstić information content (AvgIpc) is 2.44. The van der Waals surface area contributed by atoms with E-state index in [1.54, 1.807) is 0 Å². The van der Waals surface area contributed by atoms with Gasteiger partial charge >= 0.3 is 0 Å². The van der Waals surface area contributed by atoms with E-state index in [-0.39, 0.29) is 5.91 Å². The van der Waals surface area contributed by atoms with Crippen LogP contribution in [0.15, 0.2) is 4.99 Å². The van der Waals surface area contributed by atoms with Crippen molar-refractivity contribution in [2.45, 2.75) is 52.0 Å². The first-order valence-electron chi connectivity index (χ1n) is 5.76. The van der Waals surface area contributed by atoms with Crippen LogP contribution in [-0.2, 0) is 4.79 Å². The van der Waals surface area contributed by atoms with Gasteiger partial charge in [-0.3, -0.25) is 15.1 Å². The maximum absolute atomic E-state index is 11.7. The molecule has 1 heterocycles. The predicted octanol–water partition coefficient (Wildman–Crippen LogP) is 1.42. The largest absolute Gasteiger partial charge is 0.342 e. The predicted molar refractivity (Wildman–Crippen MR) is 61.8 cm³/mol. The van der Waals surface area contributed by atoms with E-state index in [0.717, 1.165) is 12.8 Å². The van der Waals surface area contributed by atoms with Crippen LogP contribution in [0.2, 0.25) is 0 Å². The molecular weight excluding hydrogens is 190 g/mol. The third-order valence-corrected chi connectivity index (χ3v) is 2.72. The summed E-state index contributed by atoms with van der Waals surface area (Å²) in [5.74, 6) is 0.673. The molecule has 1 atom stereocenters. The summed E-state index contributed by atoms with van der Waals surface area (Å²) >= 11 is 0. The second-order valence-corrected chi connectivity index (χ2v) is 4.19. The van der Waals surface area contributed by atoms with Crippen molar-refractivity contribution in [1.29, 1.82) is 0 Å². The zero-order valence-corrected chi connectivity index (χ0v) is 9.89. The van der Waals surface area contributed by atoms with Gasteiger partial charge in [-0.25, -0.2) is 0 Å². The van der Waals surface area contributed by atoms with Crippen molar-refractivity contribution in [2.75, 3.05) is 6.54 Å². The van der Waals surface area contributed by atoms with Crippen LogP contribution in [-0.4, -0.2) is 24.0 Å². The van der Waals surface area contributed by atoms with Crippen LogP contribution in [0.3, 0.4) is 0 Å². The fourth-order valence-electron chi connectivity index (χ4n) is 1.74.